The molecule has 1 N–H and O–H groups in total. The van der Waals surface area contributed by atoms with E-state index in [4.69, 9.17) is 4.84 Å². The van der Waals surface area contributed by atoms with Gasteiger partial charge in [0.25, 0.3) is 5.91 Å². The Morgan fingerprint density at radius 3 is 3.00 bits per heavy atom. The largest absolute Gasteiger partial charge is 0.329 e. The van der Waals surface area contributed by atoms with E-state index < -0.39 is 0 Å². The molecule has 6 nitrogen and oxygen atoms in total. The van der Waals surface area contributed by atoms with Crippen LogP contribution in [-0.4, -0.2) is 27.0 Å². The summed E-state index contributed by atoms with van der Waals surface area (Å²) in [5.74, 6) is 0.451. The van der Waals surface area contributed by atoms with Crippen LogP contribution < -0.4 is 5.48 Å². The summed E-state index contributed by atoms with van der Waals surface area (Å²) >= 11 is 0. The number of nitrogens with zero attached hydrogens (tertiary/aromatic N) is 3. The molecule has 0 spiro atoms. The number of carbonyl (C=O) groups is 1. The molecule has 0 aliphatic heterocycles. The molecule has 1 amide bonds. The number of imidazole rings is 1. The van der Waals surface area contributed by atoms with Crippen molar-refractivity contribution in [3.8, 4) is 0 Å². The number of fused-ring (bicyclic) bond motifs is 1. The van der Waals surface area contributed by atoms with Gasteiger partial charge in [0.05, 0.1) is 30.2 Å². The van der Waals surface area contributed by atoms with Crippen molar-refractivity contribution >= 4 is 16.9 Å². The van der Waals surface area contributed by atoms with Crippen molar-refractivity contribution in [2.75, 3.05) is 6.61 Å². The van der Waals surface area contributed by atoms with E-state index in [-0.39, 0.29) is 12.5 Å². The van der Waals surface area contributed by atoms with Crippen LogP contribution in [0.1, 0.15) is 49.0 Å². The van der Waals surface area contributed by atoms with E-state index in [1.807, 2.05) is 6.33 Å². The number of hydroxylamine groups is 1. The lowest BCUT2D eigenvalue weighted by molar-refractivity contribution is 0.0417. The normalized spacial score (nSPS) is 15.5. The second-order valence-corrected chi connectivity index (χ2v) is 6.32. The molecule has 0 radical (unpaired) electrons. The molecule has 1 fully saturated rings. The van der Waals surface area contributed by atoms with E-state index in [0.717, 1.165) is 23.5 Å². The van der Waals surface area contributed by atoms with E-state index in [1.165, 1.54) is 38.5 Å². The van der Waals surface area contributed by atoms with Crippen LogP contribution in [0.15, 0.2) is 31.2 Å². The standard InChI is InChI=1S/C18H24N4O2/c1-2-10-24-21-18(23)16-11-15-17(12-19-16)22(13-20-15)9-8-14-6-4-3-5-7-14/h2,11-14H,1,3-10H2,(H,21,23). The van der Waals surface area contributed by atoms with Crippen molar-refractivity contribution in [2.45, 2.75) is 45.1 Å². The summed E-state index contributed by atoms with van der Waals surface area (Å²) in [5, 5.41) is 0. The maximum atomic E-state index is 11.9. The number of aryl methyl sites for hydroxylation is 1. The molecule has 1 aliphatic rings. The maximum Gasteiger partial charge on any atom is 0.293 e. The number of aromatic nitrogens is 3. The van der Waals surface area contributed by atoms with Gasteiger partial charge < -0.3 is 4.57 Å². The Labute approximate surface area is 141 Å². The van der Waals surface area contributed by atoms with Crippen LogP contribution in [-0.2, 0) is 11.4 Å². The van der Waals surface area contributed by atoms with Gasteiger partial charge in [-0.3, -0.25) is 9.63 Å². The molecule has 128 valence electrons. The number of hydrogen-bond acceptors (Lipinski definition) is 4. The van der Waals surface area contributed by atoms with Crippen molar-refractivity contribution < 1.29 is 9.63 Å². The Hall–Kier alpha value is -2.21. The third-order valence-corrected chi connectivity index (χ3v) is 4.61. The molecule has 3 rings (SSSR count). The van der Waals surface area contributed by atoms with Gasteiger partial charge in [-0.15, -0.1) is 6.58 Å². The maximum absolute atomic E-state index is 11.9. The summed E-state index contributed by atoms with van der Waals surface area (Å²) in [4.78, 5) is 25.5. The van der Waals surface area contributed by atoms with E-state index in [1.54, 1.807) is 18.3 Å². The van der Waals surface area contributed by atoms with Crippen LogP contribution in [0.4, 0.5) is 0 Å². The SMILES string of the molecule is C=CCONC(=O)c1cc2ncn(CCC3CCCCC3)c2cn1. The predicted molar refractivity (Wildman–Crippen MR) is 92.3 cm³/mol. The Morgan fingerprint density at radius 1 is 1.38 bits per heavy atom. The Balaban J connectivity index is 1.64. The Bertz CT molecular complexity index is 704. The molecule has 0 saturated heterocycles. The third-order valence-electron chi connectivity index (χ3n) is 4.61. The topological polar surface area (TPSA) is 69.0 Å². The molecule has 2 aromatic rings. The lowest BCUT2D eigenvalue weighted by atomic mass is 9.87. The molecule has 2 heterocycles. The number of carbonyl (C=O) groups excluding carboxylic acids is 1. The average molecular weight is 328 g/mol. The third kappa shape index (κ3) is 4.00. The minimum absolute atomic E-state index is 0.254. The minimum atomic E-state index is -0.379. The second kappa shape index (κ2) is 8.06. The number of hydrogen-bond donors (Lipinski definition) is 1. The quantitative estimate of drug-likeness (QED) is 0.481. The van der Waals surface area contributed by atoms with Gasteiger partial charge in [-0.2, -0.15) is 0 Å². The molecule has 1 saturated carbocycles. The molecule has 1 aliphatic carbocycles. The van der Waals surface area contributed by atoms with E-state index in [2.05, 4.69) is 26.6 Å². The lowest BCUT2D eigenvalue weighted by Crippen LogP contribution is -2.24. The summed E-state index contributed by atoms with van der Waals surface area (Å²) < 4.78 is 2.13. The van der Waals surface area contributed by atoms with Crippen LogP contribution >= 0.6 is 0 Å². The molecular weight excluding hydrogens is 304 g/mol. The van der Waals surface area contributed by atoms with E-state index in [0.29, 0.717) is 5.69 Å². The molecule has 0 bridgehead atoms. The first kappa shape index (κ1) is 16.6. The van der Waals surface area contributed by atoms with Crippen molar-refractivity contribution in [3.63, 3.8) is 0 Å². The lowest BCUT2D eigenvalue weighted by Gasteiger charge is -2.21. The molecule has 0 unspecified atom stereocenters. The van der Waals surface area contributed by atoms with Gasteiger partial charge in [0.2, 0.25) is 0 Å². The fourth-order valence-corrected chi connectivity index (χ4v) is 3.27. The fourth-order valence-electron chi connectivity index (χ4n) is 3.27. The Kier molecular flexibility index (Phi) is 5.59. The van der Waals surface area contributed by atoms with Gasteiger partial charge >= 0.3 is 0 Å². The second-order valence-electron chi connectivity index (χ2n) is 6.32. The van der Waals surface area contributed by atoms with Crippen molar-refractivity contribution in [3.05, 3.63) is 36.9 Å². The van der Waals surface area contributed by atoms with Gasteiger partial charge in [-0.1, -0.05) is 38.2 Å². The van der Waals surface area contributed by atoms with Crippen molar-refractivity contribution in [1.29, 1.82) is 0 Å². The van der Waals surface area contributed by atoms with Gasteiger partial charge in [-0.25, -0.2) is 15.4 Å². The van der Waals surface area contributed by atoms with Gasteiger partial charge in [0, 0.05) is 6.54 Å². The van der Waals surface area contributed by atoms with Crippen LogP contribution in [0.5, 0.6) is 0 Å². The number of rotatable bonds is 7. The molecule has 6 heteroatoms. The highest BCUT2D eigenvalue weighted by molar-refractivity contribution is 5.94. The molecular formula is C18H24N4O2. The highest BCUT2D eigenvalue weighted by Gasteiger charge is 2.15. The van der Waals surface area contributed by atoms with E-state index in [9.17, 15) is 4.79 Å². The van der Waals surface area contributed by atoms with Crippen LogP contribution in [0.2, 0.25) is 0 Å². The summed E-state index contributed by atoms with van der Waals surface area (Å²) in [6.07, 6.45) is 13.1. The first-order valence-electron chi connectivity index (χ1n) is 8.62. The zero-order valence-corrected chi connectivity index (χ0v) is 13.9. The van der Waals surface area contributed by atoms with Crippen LogP contribution in [0.3, 0.4) is 0 Å². The number of pyridine rings is 1. The molecule has 24 heavy (non-hydrogen) atoms. The van der Waals surface area contributed by atoms with Crippen LogP contribution in [0, 0.1) is 5.92 Å². The van der Waals surface area contributed by atoms with Gasteiger partial charge in [-0.05, 0) is 18.4 Å². The first-order valence-corrected chi connectivity index (χ1v) is 8.62. The van der Waals surface area contributed by atoms with Gasteiger partial charge in [0.15, 0.2) is 0 Å². The number of nitrogens with one attached hydrogen (secondary N) is 1. The highest BCUT2D eigenvalue weighted by Crippen LogP contribution is 2.27. The highest BCUT2D eigenvalue weighted by atomic mass is 16.6. The smallest absolute Gasteiger partial charge is 0.293 e. The zero-order valence-electron chi connectivity index (χ0n) is 13.9. The summed E-state index contributed by atoms with van der Waals surface area (Å²) in [7, 11) is 0. The monoisotopic (exact) mass is 328 g/mol. The first-order chi connectivity index (χ1) is 11.8. The van der Waals surface area contributed by atoms with Crippen molar-refractivity contribution in [2.24, 2.45) is 5.92 Å². The number of amides is 1. The zero-order chi connectivity index (χ0) is 16.8. The Morgan fingerprint density at radius 2 is 2.21 bits per heavy atom. The molecule has 0 aromatic carbocycles. The minimum Gasteiger partial charge on any atom is -0.329 e. The summed E-state index contributed by atoms with van der Waals surface area (Å²) in [5.41, 5.74) is 4.37. The van der Waals surface area contributed by atoms with E-state index >= 15 is 0 Å². The summed E-state index contributed by atoms with van der Waals surface area (Å²) in [6, 6.07) is 1.69. The van der Waals surface area contributed by atoms with Crippen molar-refractivity contribution in [1.82, 2.24) is 20.0 Å². The predicted octanol–water partition coefficient (Wildman–Crippen LogP) is 3.25. The molecule has 2 aromatic heterocycles. The average Bonchev–Trinajstić information content (AvgIpc) is 3.03. The van der Waals surface area contributed by atoms with Crippen LogP contribution in [0.25, 0.3) is 11.0 Å². The molecule has 0 atom stereocenters. The summed E-state index contributed by atoms with van der Waals surface area (Å²) in [6.45, 7) is 4.73. The van der Waals surface area contributed by atoms with Gasteiger partial charge in [0.1, 0.15) is 5.69 Å². The fraction of sp³-hybridized carbons (Fsp3) is 0.500.